The van der Waals surface area contributed by atoms with Gasteiger partial charge >= 0.3 is 0 Å². The Balaban J connectivity index is 2.85. The zero-order valence-corrected chi connectivity index (χ0v) is 10.7. The third kappa shape index (κ3) is 4.17. The first-order valence-corrected chi connectivity index (χ1v) is 7.09. The highest BCUT2D eigenvalue weighted by Gasteiger charge is 2.20. The number of benzene rings is 1. The molecule has 0 saturated carbocycles. The van der Waals surface area contributed by atoms with Crippen LogP contribution in [0.25, 0.3) is 0 Å². The lowest BCUT2D eigenvalue weighted by Crippen LogP contribution is -2.32. The molecule has 0 aliphatic rings. The largest absolute Gasteiger partial charge is 0.215 e. The van der Waals surface area contributed by atoms with E-state index in [0.29, 0.717) is 6.42 Å². The molecular weight excluding hydrogens is 236 g/mol. The van der Waals surface area contributed by atoms with Crippen molar-refractivity contribution >= 4 is 10.0 Å². The summed E-state index contributed by atoms with van der Waals surface area (Å²) in [6, 6.07) is 11.2. The summed E-state index contributed by atoms with van der Waals surface area (Å²) in [6.45, 7) is 1.97. The molecule has 0 saturated heterocycles. The van der Waals surface area contributed by atoms with Crippen molar-refractivity contribution in [3.63, 3.8) is 0 Å². The van der Waals surface area contributed by atoms with Crippen molar-refractivity contribution in [3.8, 4) is 6.07 Å². The van der Waals surface area contributed by atoms with Gasteiger partial charge in [0.25, 0.3) is 0 Å². The fourth-order valence-electron chi connectivity index (χ4n) is 1.51. The maximum atomic E-state index is 11.9. The summed E-state index contributed by atoms with van der Waals surface area (Å²) >= 11 is 0. The van der Waals surface area contributed by atoms with Crippen molar-refractivity contribution in [3.05, 3.63) is 35.9 Å². The maximum absolute atomic E-state index is 11.9. The van der Waals surface area contributed by atoms with Gasteiger partial charge in [-0.05, 0) is 12.0 Å². The molecule has 5 heteroatoms. The summed E-state index contributed by atoms with van der Waals surface area (Å²) in [5.74, 6) is 0.0848. The van der Waals surface area contributed by atoms with E-state index in [1.807, 2.05) is 43.3 Å². The van der Waals surface area contributed by atoms with Gasteiger partial charge < -0.3 is 0 Å². The normalized spacial score (nSPS) is 11.4. The molecule has 0 N–H and O–H groups in total. The first-order chi connectivity index (χ1) is 8.10. The van der Waals surface area contributed by atoms with Crippen LogP contribution in [0, 0.1) is 11.3 Å². The van der Waals surface area contributed by atoms with Crippen LogP contribution in [0.5, 0.6) is 0 Å². The summed E-state index contributed by atoms with van der Waals surface area (Å²) in [7, 11) is -3.32. The van der Waals surface area contributed by atoms with Gasteiger partial charge in [0.05, 0.1) is 11.8 Å². The summed E-state index contributed by atoms with van der Waals surface area (Å²) in [4.78, 5) is 0. The van der Waals surface area contributed by atoms with E-state index >= 15 is 0 Å². The van der Waals surface area contributed by atoms with Crippen LogP contribution >= 0.6 is 0 Å². The molecule has 0 radical (unpaired) electrons. The molecule has 0 aliphatic heterocycles. The Labute approximate surface area is 103 Å². The average molecular weight is 252 g/mol. The molecule has 0 spiro atoms. The minimum Gasteiger partial charge on any atom is -0.212 e. The number of nitrogens with zero attached hydrogens (tertiary/aromatic N) is 2. The molecule has 1 aromatic rings. The zero-order chi connectivity index (χ0) is 12.7. The first kappa shape index (κ1) is 13.7. The smallest absolute Gasteiger partial charge is 0.212 e. The van der Waals surface area contributed by atoms with Gasteiger partial charge in [0.1, 0.15) is 6.54 Å². The van der Waals surface area contributed by atoms with Crippen LogP contribution in [0.3, 0.4) is 0 Å². The van der Waals surface area contributed by atoms with Gasteiger partial charge in [0.2, 0.25) is 10.0 Å². The number of rotatable bonds is 6. The molecule has 1 aromatic carbocycles. The van der Waals surface area contributed by atoms with Crippen molar-refractivity contribution in [2.45, 2.75) is 19.9 Å². The molecule has 4 nitrogen and oxygen atoms in total. The minimum absolute atomic E-state index is 0.0848. The Morgan fingerprint density at radius 1 is 1.29 bits per heavy atom. The molecular formula is C12H16N2O2S. The molecule has 1 rings (SSSR count). The number of sulfonamides is 1. The highest BCUT2D eigenvalue weighted by molar-refractivity contribution is 7.89. The lowest BCUT2D eigenvalue weighted by Gasteiger charge is -2.18. The molecule has 0 aliphatic carbocycles. The summed E-state index contributed by atoms with van der Waals surface area (Å²) in [5.41, 5.74) is 0.891. The summed E-state index contributed by atoms with van der Waals surface area (Å²) in [5, 5.41) is 8.69. The van der Waals surface area contributed by atoms with Crippen LogP contribution in [-0.4, -0.2) is 25.0 Å². The van der Waals surface area contributed by atoms with Crippen LogP contribution in [0.2, 0.25) is 0 Å². The van der Waals surface area contributed by atoms with Crippen LogP contribution in [-0.2, 0) is 16.6 Å². The lowest BCUT2D eigenvalue weighted by atomic mass is 10.2. The summed E-state index contributed by atoms with van der Waals surface area (Å²) < 4.78 is 25.0. The second kappa shape index (κ2) is 6.38. The third-order valence-electron chi connectivity index (χ3n) is 2.30. The zero-order valence-electron chi connectivity index (χ0n) is 9.83. The second-order valence-corrected chi connectivity index (χ2v) is 5.82. The van der Waals surface area contributed by atoms with Crippen LogP contribution in [0.1, 0.15) is 18.9 Å². The predicted octanol–water partition coefficient (Wildman–Crippen LogP) is 1.75. The van der Waals surface area contributed by atoms with E-state index in [9.17, 15) is 8.42 Å². The molecule has 0 unspecified atom stereocenters. The molecule has 17 heavy (non-hydrogen) atoms. The van der Waals surface area contributed by atoms with E-state index in [4.69, 9.17) is 5.26 Å². The standard InChI is InChI=1S/C12H16N2O2S/c1-2-10-17(15,16)14(9-8-13)11-12-6-4-3-5-7-12/h3-7H,2,9-11H2,1H3. The number of hydrogen-bond acceptors (Lipinski definition) is 3. The topological polar surface area (TPSA) is 61.2 Å². The predicted molar refractivity (Wildman–Crippen MR) is 66.5 cm³/mol. The van der Waals surface area contributed by atoms with Crippen LogP contribution < -0.4 is 0 Å². The van der Waals surface area contributed by atoms with Gasteiger partial charge in [0.15, 0.2) is 0 Å². The molecule has 0 amide bonds. The fraction of sp³-hybridized carbons (Fsp3) is 0.417. The van der Waals surface area contributed by atoms with Gasteiger partial charge in [0, 0.05) is 6.54 Å². The van der Waals surface area contributed by atoms with Crippen molar-refractivity contribution in [1.29, 1.82) is 5.26 Å². The number of nitriles is 1. The average Bonchev–Trinajstić information content (AvgIpc) is 2.30. The molecule has 0 heterocycles. The van der Waals surface area contributed by atoms with E-state index in [-0.39, 0.29) is 18.8 Å². The van der Waals surface area contributed by atoms with Crippen molar-refractivity contribution in [1.82, 2.24) is 4.31 Å². The van der Waals surface area contributed by atoms with Gasteiger partial charge in [-0.3, -0.25) is 0 Å². The highest BCUT2D eigenvalue weighted by atomic mass is 32.2. The van der Waals surface area contributed by atoms with E-state index < -0.39 is 10.0 Å². The Kier molecular flexibility index (Phi) is 5.13. The molecule has 0 atom stereocenters. The fourth-order valence-corrected chi connectivity index (χ4v) is 2.88. The van der Waals surface area contributed by atoms with E-state index in [1.54, 1.807) is 0 Å². The lowest BCUT2D eigenvalue weighted by molar-refractivity contribution is 0.441. The van der Waals surface area contributed by atoms with E-state index in [1.165, 1.54) is 4.31 Å². The Hall–Kier alpha value is -1.38. The van der Waals surface area contributed by atoms with Crippen molar-refractivity contribution < 1.29 is 8.42 Å². The van der Waals surface area contributed by atoms with Crippen LogP contribution in [0.4, 0.5) is 0 Å². The number of hydrogen-bond donors (Lipinski definition) is 0. The van der Waals surface area contributed by atoms with Gasteiger partial charge in [-0.1, -0.05) is 37.3 Å². The molecule has 0 fully saturated rings. The Bertz CT molecular complexity index is 477. The molecule has 0 bridgehead atoms. The molecule has 0 aromatic heterocycles. The maximum Gasteiger partial charge on any atom is 0.215 e. The Morgan fingerprint density at radius 2 is 1.94 bits per heavy atom. The monoisotopic (exact) mass is 252 g/mol. The highest BCUT2D eigenvalue weighted by Crippen LogP contribution is 2.10. The SMILES string of the molecule is CCCS(=O)(=O)N(CC#N)Cc1ccccc1. The van der Waals surface area contributed by atoms with Crippen molar-refractivity contribution in [2.24, 2.45) is 0 Å². The van der Waals surface area contributed by atoms with Gasteiger partial charge in [-0.15, -0.1) is 0 Å². The van der Waals surface area contributed by atoms with Gasteiger partial charge in [-0.25, -0.2) is 8.42 Å². The Morgan fingerprint density at radius 3 is 2.47 bits per heavy atom. The summed E-state index contributed by atoms with van der Waals surface area (Å²) in [6.07, 6.45) is 0.555. The molecule has 92 valence electrons. The van der Waals surface area contributed by atoms with Gasteiger partial charge in [-0.2, -0.15) is 9.57 Å². The third-order valence-corrected chi connectivity index (χ3v) is 4.27. The van der Waals surface area contributed by atoms with Crippen LogP contribution in [0.15, 0.2) is 30.3 Å². The first-order valence-electron chi connectivity index (χ1n) is 5.49. The quantitative estimate of drug-likeness (QED) is 0.725. The second-order valence-electron chi connectivity index (χ2n) is 3.73. The van der Waals surface area contributed by atoms with Crippen molar-refractivity contribution in [2.75, 3.05) is 12.3 Å². The minimum atomic E-state index is -3.32. The van der Waals surface area contributed by atoms with E-state index in [0.717, 1.165) is 5.56 Å². The van der Waals surface area contributed by atoms with E-state index in [2.05, 4.69) is 0 Å².